The third kappa shape index (κ3) is 4.60. The largest absolute Gasteiger partial charge is 0.345 e. The molecule has 1 heterocycles. The number of hydrogen-bond donors (Lipinski definition) is 1. The van der Waals surface area contributed by atoms with Gasteiger partial charge in [0, 0.05) is 31.9 Å². The highest BCUT2D eigenvalue weighted by Gasteiger charge is 2.31. The summed E-state index contributed by atoms with van der Waals surface area (Å²) in [6, 6.07) is 7.10. The summed E-state index contributed by atoms with van der Waals surface area (Å²) in [7, 11) is 3.46. The van der Waals surface area contributed by atoms with Crippen LogP contribution in [0.3, 0.4) is 0 Å². The van der Waals surface area contributed by atoms with Crippen molar-refractivity contribution in [1.82, 2.24) is 9.80 Å². The predicted octanol–water partition coefficient (Wildman–Crippen LogP) is 2.84. The number of benzene rings is 1. The maximum Gasteiger partial charge on any atom is 0.253 e. The Morgan fingerprint density at radius 1 is 1.08 bits per heavy atom. The van der Waals surface area contributed by atoms with Crippen LogP contribution in [0.15, 0.2) is 24.3 Å². The number of piperidine rings is 1. The van der Waals surface area contributed by atoms with E-state index in [4.69, 9.17) is 0 Å². The molecule has 1 saturated carbocycles. The maximum atomic E-state index is 12.3. The first kappa shape index (κ1) is 17.9. The molecular weight excluding hydrogens is 314 g/mol. The van der Waals surface area contributed by atoms with Crippen LogP contribution in [0.5, 0.6) is 0 Å². The van der Waals surface area contributed by atoms with Gasteiger partial charge in [-0.15, -0.1) is 0 Å². The quantitative estimate of drug-likeness (QED) is 0.915. The van der Waals surface area contributed by atoms with Crippen molar-refractivity contribution in [3.05, 3.63) is 29.8 Å². The van der Waals surface area contributed by atoms with Crippen LogP contribution in [0.4, 0.5) is 5.69 Å². The number of nitrogens with zero attached hydrogens (tertiary/aromatic N) is 2. The number of nitrogens with one attached hydrogen (secondary N) is 1. The van der Waals surface area contributed by atoms with E-state index >= 15 is 0 Å². The highest BCUT2D eigenvalue weighted by molar-refractivity contribution is 5.96. The van der Waals surface area contributed by atoms with Gasteiger partial charge in [0.1, 0.15) is 0 Å². The summed E-state index contributed by atoms with van der Waals surface area (Å²) in [6.45, 7) is 2.56. The van der Waals surface area contributed by atoms with Gasteiger partial charge in [-0.1, -0.05) is 19.3 Å². The first-order valence-electron chi connectivity index (χ1n) is 9.37. The number of likely N-dealkylation sites (tertiary alicyclic amines) is 1. The van der Waals surface area contributed by atoms with E-state index in [2.05, 4.69) is 10.2 Å². The van der Waals surface area contributed by atoms with Gasteiger partial charge in [-0.3, -0.25) is 14.5 Å². The van der Waals surface area contributed by atoms with Crippen LogP contribution in [0.25, 0.3) is 0 Å². The lowest BCUT2D eigenvalue weighted by molar-refractivity contribution is -0.118. The van der Waals surface area contributed by atoms with Gasteiger partial charge in [-0.2, -0.15) is 0 Å². The van der Waals surface area contributed by atoms with Crippen molar-refractivity contribution in [3.8, 4) is 0 Å². The normalized spacial score (nSPS) is 23.6. The molecule has 0 bridgehead atoms. The molecule has 1 aromatic carbocycles. The third-order valence-electron chi connectivity index (χ3n) is 5.56. The molecule has 136 valence electrons. The van der Waals surface area contributed by atoms with Crippen LogP contribution in [0, 0.1) is 11.8 Å². The Morgan fingerprint density at radius 2 is 1.76 bits per heavy atom. The highest BCUT2D eigenvalue weighted by atomic mass is 16.2. The van der Waals surface area contributed by atoms with Gasteiger partial charge in [0.05, 0.1) is 6.54 Å². The van der Waals surface area contributed by atoms with Gasteiger partial charge in [-0.25, -0.2) is 0 Å². The van der Waals surface area contributed by atoms with Gasteiger partial charge < -0.3 is 10.2 Å². The summed E-state index contributed by atoms with van der Waals surface area (Å²) in [5.74, 6) is 1.66. The van der Waals surface area contributed by atoms with E-state index in [0.29, 0.717) is 12.1 Å². The van der Waals surface area contributed by atoms with Gasteiger partial charge in [0.2, 0.25) is 5.91 Å². The Bertz CT molecular complexity index is 612. The molecule has 3 rings (SSSR count). The van der Waals surface area contributed by atoms with Crippen molar-refractivity contribution in [2.45, 2.75) is 32.1 Å². The Hall–Kier alpha value is -1.88. The van der Waals surface area contributed by atoms with Gasteiger partial charge >= 0.3 is 0 Å². The number of rotatable bonds is 4. The molecule has 0 aromatic heterocycles. The molecule has 0 radical (unpaired) electrons. The number of carbonyl (C=O) groups is 2. The van der Waals surface area contributed by atoms with Crippen molar-refractivity contribution in [1.29, 1.82) is 0 Å². The Morgan fingerprint density at radius 3 is 2.44 bits per heavy atom. The van der Waals surface area contributed by atoms with E-state index in [9.17, 15) is 9.59 Å². The lowest BCUT2D eigenvalue weighted by Crippen LogP contribution is -2.44. The summed E-state index contributed by atoms with van der Waals surface area (Å²) < 4.78 is 0. The summed E-state index contributed by atoms with van der Waals surface area (Å²) in [5.41, 5.74) is 1.37. The lowest BCUT2D eigenvalue weighted by Gasteiger charge is -2.41. The zero-order chi connectivity index (χ0) is 17.8. The molecular formula is C20H29N3O2. The molecule has 1 N–H and O–H groups in total. The van der Waals surface area contributed by atoms with Crippen LogP contribution >= 0.6 is 0 Å². The molecule has 2 aliphatic rings. The fourth-order valence-corrected chi connectivity index (χ4v) is 4.18. The van der Waals surface area contributed by atoms with Crippen molar-refractivity contribution in [2.24, 2.45) is 11.8 Å². The van der Waals surface area contributed by atoms with E-state index in [0.717, 1.165) is 30.6 Å². The van der Waals surface area contributed by atoms with Crippen LogP contribution < -0.4 is 5.32 Å². The molecule has 25 heavy (non-hydrogen) atoms. The molecule has 2 fully saturated rings. The molecule has 0 spiro atoms. The van der Waals surface area contributed by atoms with Crippen molar-refractivity contribution < 1.29 is 9.59 Å². The Balaban J connectivity index is 1.50. The van der Waals surface area contributed by atoms with E-state index in [1.54, 1.807) is 43.3 Å². The third-order valence-corrected chi connectivity index (χ3v) is 5.56. The molecule has 0 unspecified atom stereocenters. The summed E-state index contributed by atoms with van der Waals surface area (Å²) >= 11 is 0. The van der Waals surface area contributed by atoms with E-state index in [1.807, 2.05) is 0 Å². The lowest BCUT2D eigenvalue weighted by atomic mass is 9.75. The minimum Gasteiger partial charge on any atom is -0.345 e. The topological polar surface area (TPSA) is 52.7 Å². The Labute approximate surface area is 150 Å². The summed E-state index contributed by atoms with van der Waals surface area (Å²) in [6.07, 6.45) is 6.67. The van der Waals surface area contributed by atoms with Crippen molar-refractivity contribution in [2.75, 3.05) is 39.0 Å². The molecule has 1 aromatic rings. The number of fused-ring (bicyclic) bond motifs is 1. The summed E-state index contributed by atoms with van der Waals surface area (Å²) in [4.78, 5) is 28.1. The molecule has 2 atom stereocenters. The smallest absolute Gasteiger partial charge is 0.253 e. The van der Waals surface area contributed by atoms with Crippen molar-refractivity contribution in [3.63, 3.8) is 0 Å². The molecule has 5 nitrogen and oxygen atoms in total. The molecule has 1 aliphatic carbocycles. The zero-order valence-corrected chi connectivity index (χ0v) is 15.3. The van der Waals surface area contributed by atoms with E-state index in [1.165, 1.54) is 32.1 Å². The van der Waals surface area contributed by atoms with Crippen LogP contribution in [0.2, 0.25) is 0 Å². The van der Waals surface area contributed by atoms with Crippen LogP contribution in [0.1, 0.15) is 42.5 Å². The van der Waals surface area contributed by atoms with Crippen LogP contribution in [-0.2, 0) is 4.79 Å². The second-order valence-electron chi connectivity index (χ2n) is 7.65. The number of amides is 2. The van der Waals surface area contributed by atoms with E-state index < -0.39 is 0 Å². The first-order chi connectivity index (χ1) is 12.0. The first-order valence-corrected chi connectivity index (χ1v) is 9.37. The van der Waals surface area contributed by atoms with Crippen LogP contribution in [-0.4, -0.2) is 55.3 Å². The average Bonchev–Trinajstić information content (AvgIpc) is 2.61. The minimum absolute atomic E-state index is 0.0287. The second kappa shape index (κ2) is 8.00. The molecule has 5 heteroatoms. The Kier molecular flexibility index (Phi) is 5.74. The standard InChI is InChI=1S/C20H29N3O2/c1-22(2)20(25)16-7-9-18(10-8-16)21-19(24)14-23-12-11-15-5-3-4-6-17(15)13-23/h7-10,15,17H,3-6,11-14H2,1-2H3,(H,21,24)/t15-,17-/m1/s1. The number of hydrogen-bond acceptors (Lipinski definition) is 3. The molecule has 1 saturated heterocycles. The fourth-order valence-electron chi connectivity index (χ4n) is 4.18. The van der Waals surface area contributed by atoms with E-state index in [-0.39, 0.29) is 11.8 Å². The molecule has 2 amide bonds. The average molecular weight is 343 g/mol. The zero-order valence-electron chi connectivity index (χ0n) is 15.3. The number of anilines is 1. The fraction of sp³-hybridized carbons (Fsp3) is 0.600. The van der Waals surface area contributed by atoms with Gasteiger partial charge in [-0.05, 0) is 55.5 Å². The predicted molar refractivity (Wildman–Crippen MR) is 99.6 cm³/mol. The number of carbonyl (C=O) groups excluding carboxylic acids is 2. The van der Waals surface area contributed by atoms with Crippen molar-refractivity contribution >= 4 is 17.5 Å². The maximum absolute atomic E-state index is 12.3. The minimum atomic E-state index is -0.0340. The highest BCUT2D eigenvalue weighted by Crippen LogP contribution is 2.35. The summed E-state index contributed by atoms with van der Waals surface area (Å²) in [5, 5.41) is 2.95. The second-order valence-corrected chi connectivity index (χ2v) is 7.65. The molecule has 1 aliphatic heterocycles. The monoisotopic (exact) mass is 343 g/mol. The van der Waals surface area contributed by atoms with Gasteiger partial charge in [0.15, 0.2) is 0 Å². The van der Waals surface area contributed by atoms with Gasteiger partial charge in [0.25, 0.3) is 5.91 Å². The SMILES string of the molecule is CN(C)C(=O)c1ccc(NC(=O)CN2CC[C@H]3CCCC[C@@H]3C2)cc1.